The fourth-order valence-corrected chi connectivity index (χ4v) is 2.32. The zero-order chi connectivity index (χ0) is 10.1. The Bertz CT molecular complexity index is 447. The molecule has 1 atom stereocenters. The highest BCUT2D eigenvalue weighted by Gasteiger charge is 2.20. The number of hydrogen-bond donors (Lipinski definition) is 0. The van der Waals surface area contributed by atoms with Gasteiger partial charge in [-0.25, -0.2) is 4.98 Å². The van der Waals surface area contributed by atoms with E-state index in [9.17, 15) is 0 Å². The Balaban J connectivity index is 2.03. The summed E-state index contributed by atoms with van der Waals surface area (Å²) in [6.45, 7) is 0. The maximum atomic E-state index is 4.22. The SMILES string of the molecule is c1cncc(C2CCCc3cncn32)c1. The van der Waals surface area contributed by atoms with Gasteiger partial charge in [-0.2, -0.15) is 0 Å². The standard InChI is InChI=1S/C12H13N3/c1-4-11-8-14-9-15(11)12(5-1)10-3-2-6-13-7-10/h2-3,6-9,12H,1,4-5H2. The summed E-state index contributed by atoms with van der Waals surface area (Å²) in [4.78, 5) is 8.41. The molecule has 3 rings (SSSR count). The summed E-state index contributed by atoms with van der Waals surface area (Å²) in [7, 11) is 0. The molecular weight excluding hydrogens is 186 g/mol. The molecule has 0 aromatic carbocycles. The Hall–Kier alpha value is -1.64. The number of fused-ring (bicyclic) bond motifs is 1. The van der Waals surface area contributed by atoms with Crippen molar-refractivity contribution in [2.45, 2.75) is 25.3 Å². The molecule has 2 aromatic heterocycles. The molecule has 0 aliphatic carbocycles. The Morgan fingerprint density at radius 3 is 3.13 bits per heavy atom. The second-order valence-corrected chi connectivity index (χ2v) is 3.99. The zero-order valence-corrected chi connectivity index (χ0v) is 8.50. The second-order valence-electron chi connectivity index (χ2n) is 3.99. The van der Waals surface area contributed by atoms with Crippen LogP contribution in [0.2, 0.25) is 0 Å². The van der Waals surface area contributed by atoms with Crippen LogP contribution in [0, 0.1) is 0 Å². The lowest BCUT2D eigenvalue weighted by atomic mass is 9.98. The average Bonchev–Trinajstić information content (AvgIpc) is 2.78. The lowest BCUT2D eigenvalue weighted by Crippen LogP contribution is -2.17. The van der Waals surface area contributed by atoms with Crippen molar-refractivity contribution in [1.82, 2.24) is 14.5 Å². The van der Waals surface area contributed by atoms with Gasteiger partial charge in [0.05, 0.1) is 12.4 Å². The van der Waals surface area contributed by atoms with E-state index in [4.69, 9.17) is 0 Å². The second kappa shape index (κ2) is 3.50. The van der Waals surface area contributed by atoms with E-state index in [1.807, 2.05) is 31.0 Å². The number of aromatic nitrogens is 3. The maximum Gasteiger partial charge on any atom is 0.0953 e. The molecule has 0 amide bonds. The monoisotopic (exact) mass is 199 g/mol. The number of pyridine rings is 1. The number of aryl methyl sites for hydroxylation is 1. The third-order valence-electron chi connectivity index (χ3n) is 3.06. The number of hydrogen-bond acceptors (Lipinski definition) is 2. The minimum absolute atomic E-state index is 0.435. The first-order valence-electron chi connectivity index (χ1n) is 5.36. The molecule has 3 heteroatoms. The Kier molecular flexibility index (Phi) is 2.02. The molecule has 15 heavy (non-hydrogen) atoms. The zero-order valence-electron chi connectivity index (χ0n) is 8.50. The molecule has 0 N–H and O–H groups in total. The van der Waals surface area contributed by atoms with Crippen LogP contribution in [-0.2, 0) is 6.42 Å². The van der Waals surface area contributed by atoms with E-state index >= 15 is 0 Å². The largest absolute Gasteiger partial charge is 0.327 e. The van der Waals surface area contributed by atoms with Crippen molar-refractivity contribution in [3.8, 4) is 0 Å². The molecule has 0 fully saturated rings. The van der Waals surface area contributed by atoms with Gasteiger partial charge >= 0.3 is 0 Å². The van der Waals surface area contributed by atoms with Crippen molar-refractivity contribution in [3.63, 3.8) is 0 Å². The summed E-state index contributed by atoms with van der Waals surface area (Å²) in [5.74, 6) is 0. The molecule has 3 nitrogen and oxygen atoms in total. The normalized spacial score (nSPS) is 19.9. The maximum absolute atomic E-state index is 4.22. The third-order valence-corrected chi connectivity index (χ3v) is 3.06. The first-order valence-corrected chi connectivity index (χ1v) is 5.36. The van der Waals surface area contributed by atoms with Crippen LogP contribution in [0.15, 0.2) is 37.1 Å². The van der Waals surface area contributed by atoms with Crippen molar-refractivity contribution in [1.29, 1.82) is 0 Å². The van der Waals surface area contributed by atoms with E-state index in [0.29, 0.717) is 6.04 Å². The van der Waals surface area contributed by atoms with E-state index in [1.165, 1.54) is 24.1 Å². The Morgan fingerprint density at radius 2 is 2.27 bits per heavy atom. The molecule has 0 saturated carbocycles. The molecule has 0 radical (unpaired) electrons. The highest BCUT2D eigenvalue weighted by molar-refractivity contribution is 5.19. The van der Waals surface area contributed by atoms with Crippen molar-refractivity contribution in [3.05, 3.63) is 48.3 Å². The number of imidazole rings is 1. The molecular formula is C12H13N3. The van der Waals surface area contributed by atoms with E-state index < -0.39 is 0 Å². The van der Waals surface area contributed by atoms with Gasteiger partial charge in [-0.3, -0.25) is 4.98 Å². The van der Waals surface area contributed by atoms with Crippen LogP contribution in [0.5, 0.6) is 0 Å². The molecule has 0 bridgehead atoms. The smallest absolute Gasteiger partial charge is 0.0953 e. The van der Waals surface area contributed by atoms with Gasteiger partial charge in [-0.15, -0.1) is 0 Å². The fraction of sp³-hybridized carbons (Fsp3) is 0.333. The van der Waals surface area contributed by atoms with Crippen LogP contribution >= 0.6 is 0 Å². The van der Waals surface area contributed by atoms with Crippen molar-refractivity contribution < 1.29 is 0 Å². The molecule has 2 aromatic rings. The lowest BCUT2D eigenvalue weighted by molar-refractivity contribution is 0.457. The van der Waals surface area contributed by atoms with Crippen LogP contribution in [0.25, 0.3) is 0 Å². The van der Waals surface area contributed by atoms with Crippen LogP contribution in [0.3, 0.4) is 0 Å². The molecule has 1 aliphatic rings. The first-order chi connectivity index (χ1) is 7.45. The van der Waals surface area contributed by atoms with Crippen LogP contribution in [-0.4, -0.2) is 14.5 Å². The molecule has 0 spiro atoms. The molecule has 1 aliphatic heterocycles. The predicted octanol–water partition coefficient (Wildman–Crippen LogP) is 2.20. The summed E-state index contributed by atoms with van der Waals surface area (Å²) in [6, 6.07) is 4.58. The lowest BCUT2D eigenvalue weighted by Gasteiger charge is -2.25. The highest BCUT2D eigenvalue weighted by atomic mass is 15.1. The molecule has 3 heterocycles. The summed E-state index contributed by atoms with van der Waals surface area (Å²) in [5.41, 5.74) is 2.63. The van der Waals surface area contributed by atoms with Gasteiger partial charge in [0.2, 0.25) is 0 Å². The van der Waals surface area contributed by atoms with Crippen molar-refractivity contribution in [2.75, 3.05) is 0 Å². The van der Waals surface area contributed by atoms with Gasteiger partial charge in [0, 0.05) is 24.3 Å². The summed E-state index contributed by atoms with van der Waals surface area (Å²) < 4.78 is 2.28. The van der Waals surface area contributed by atoms with E-state index in [-0.39, 0.29) is 0 Å². The van der Waals surface area contributed by atoms with Crippen molar-refractivity contribution in [2.24, 2.45) is 0 Å². The molecule has 0 saturated heterocycles. The van der Waals surface area contributed by atoms with Gasteiger partial charge < -0.3 is 4.57 Å². The van der Waals surface area contributed by atoms with Gasteiger partial charge in [-0.05, 0) is 30.9 Å². The highest BCUT2D eigenvalue weighted by Crippen LogP contribution is 2.29. The first kappa shape index (κ1) is 8.65. The van der Waals surface area contributed by atoms with Crippen molar-refractivity contribution >= 4 is 0 Å². The van der Waals surface area contributed by atoms with Gasteiger partial charge in [0.1, 0.15) is 0 Å². The summed E-state index contributed by atoms with van der Waals surface area (Å²) >= 11 is 0. The molecule has 1 unspecified atom stereocenters. The predicted molar refractivity (Wildman–Crippen MR) is 57.5 cm³/mol. The van der Waals surface area contributed by atoms with Gasteiger partial charge in [-0.1, -0.05) is 6.07 Å². The third kappa shape index (κ3) is 1.44. The summed E-state index contributed by atoms with van der Waals surface area (Å²) in [5, 5.41) is 0. The Labute approximate surface area is 88.8 Å². The fourth-order valence-electron chi connectivity index (χ4n) is 2.32. The van der Waals surface area contributed by atoms with E-state index in [0.717, 1.165) is 6.42 Å². The Morgan fingerprint density at radius 1 is 1.27 bits per heavy atom. The summed E-state index contributed by atoms with van der Waals surface area (Å²) in [6.07, 6.45) is 11.3. The number of nitrogens with zero attached hydrogens (tertiary/aromatic N) is 3. The van der Waals surface area contributed by atoms with Crippen LogP contribution < -0.4 is 0 Å². The topological polar surface area (TPSA) is 30.7 Å². The van der Waals surface area contributed by atoms with Gasteiger partial charge in [0.25, 0.3) is 0 Å². The van der Waals surface area contributed by atoms with Crippen LogP contribution in [0.1, 0.15) is 30.1 Å². The van der Waals surface area contributed by atoms with Crippen LogP contribution in [0.4, 0.5) is 0 Å². The van der Waals surface area contributed by atoms with E-state index in [1.54, 1.807) is 0 Å². The molecule has 76 valence electrons. The van der Waals surface area contributed by atoms with Gasteiger partial charge in [0.15, 0.2) is 0 Å². The quantitative estimate of drug-likeness (QED) is 0.705. The average molecular weight is 199 g/mol. The minimum atomic E-state index is 0.435. The van der Waals surface area contributed by atoms with E-state index in [2.05, 4.69) is 20.6 Å². The minimum Gasteiger partial charge on any atom is -0.327 e. The number of rotatable bonds is 1.